The Balaban J connectivity index is 1.49. The van der Waals surface area contributed by atoms with Gasteiger partial charge >= 0.3 is 6.09 Å². The zero-order valence-electron chi connectivity index (χ0n) is 15.5. The molecule has 2 aromatic carbocycles. The number of hydrogen-bond donors (Lipinski definition) is 5. The summed E-state index contributed by atoms with van der Waals surface area (Å²) >= 11 is 0. The van der Waals surface area contributed by atoms with Crippen molar-refractivity contribution in [2.45, 2.75) is 30.3 Å². The molecule has 0 radical (unpaired) electrons. The predicted octanol–water partition coefficient (Wildman–Crippen LogP) is 0.977. The number of aliphatic hydroxyl groups is 1. The number of hydrogen-bond acceptors (Lipinski definition) is 8. The molecule has 2 aromatic rings. The molecule has 9 heteroatoms. The summed E-state index contributed by atoms with van der Waals surface area (Å²) in [6.45, 7) is 0.834. The Morgan fingerprint density at radius 1 is 1.38 bits per heavy atom. The van der Waals surface area contributed by atoms with Crippen LogP contribution >= 0.6 is 0 Å². The van der Waals surface area contributed by atoms with Crippen molar-refractivity contribution in [1.82, 2.24) is 5.32 Å². The molecule has 0 aliphatic carbocycles. The monoisotopic (exact) mass is 398 g/mol. The minimum atomic E-state index is -1.63. The lowest BCUT2D eigenvalue weighted by Crippen LogP contribution is -2.59. The number of nitrogens with zero attached hydrogens (tertiary/aromatic N) is 1. The Bertz CT molecular complexity index is 955. The summed E-state index contributed by atoms with van der Waals surface area (Å²) in [5, 5.41) is 30.1. The van der Waals surface area contributed by atoms with Gasteiger partial charge in [0, 0.05) is 23.8 Å². The van der Waals surface area contributed by atoms with Gasteiger partial charge in [0.15, 0.2) is 0 Å². The van der Waals surface area contributed by atoms with Crippen molar-refractivity contribution < 1.29 is 24.6 Å². The number of nitrogens with two attached hydrogens (primary N) is 1. The fraction of sp³-hybridized carbons (Fsp3) is 0.350. The van der Waals surface area contributed by atoms with Crippen LogP contribution in [0.25, 0.3) is 0 Å². The Morgan fingerprint density at radius 3 is 2.93 bits per heavy atom. The van der Waals surface area contributed by atoms with Crippen LogP contribution in [-0.4, -0.2) is 47.3 Å². The Labute approximate surface area is 167 Å². The summed E-state index contributed by atoms with van der Waals surface area (Å²) in [5.41, 5.74) is 8.06. The van der Waals surface area contributed by atoms with E-state index in [4.69, 9.17) is 15.3 Å². The fourth-order valence-corrected chi connectivity index (χ4v) is 4.30. The minimum Gasteiger partial charge on any atom is -0.508 e. The van der Waals surface area contributed by atoms with Gasteiger partial charge in [-0.05, 0) is 29.8 Å². The Hall–Kier alpha value is -3.01. The van der Waals surface area contributed by atoms with Gasteiger partial charge in [0.25, 0.3) is 0 Å². The van der Waals surface area contributed by atoms with E-state index in [9.17, 15) is 15.0 Å². The number of nitrogens with one attached hydrogen (secondary N) is 2. The first kappa shape index (κ1) is 18.0. The van der Waals surface area contributed by atoms with Crippen molar-refractivity contribution in [1.29, 1.82) is 0 Å². The number of fused-ring (bicyclic) bond motifs is 6. The van der Waals surface area contributed by atoms with Gasteiger partial charge in [-0.3, -0.25) is 0 Å². The molecule has 0 spiro atoms. The highest BCUT2D eigenvalue weighted by Gasteiger charge is 2.65. The number of hydroxylamine groups is 1. The van der Waals surface area contributed by atoms with Gasteiger partial charge in [-0.15, -0.1) is 0 Å². The second-order valence-electron chi connectivity index (χ2n) is 7.60. The van der Waals surface area contributed by atoms with Gasteiger partial charge < -0.3 is 31.3 Å². The third-order valence-corrected chi connectivity index (χ3v) is 5.73. The molecule has 6 N–H and O–H groups in total. The van der Waals surface area contributed by atoms with Crippen LogP contribution in [0.2, 0.25) is 0 Å². The summed E-state index contributed by atoms with van der Waals surface area (Å²) in [4.78, 5) is 17.0. The predicted molar refractivity (Wildman–Crippen MR) is 104 cm³/mol. The summed E-state index contributed by atoms with van der Waals surface area (Å²) < 4.78 is 4.98. The third kappa shape index (κ3) is 3.03. The summed E-state index contributed by atoms with van der Waals surface area (Å²) in [5.74, 6) is -2.40. The standard InChI is InChI=1S/C20H22N4O5/c21-19(26)28-10-13-17-15(24-9-14-18(23-14)20(13,27)29-24)6-11(7-16(17)25)8-22-12-4-2-1-3-5-12/h1-7,13-14,18,22-23,25,27H,8-10H2,(H2,21,26). The van der Waals surface area contributed by atoms with Crippen molar-refractivity contribution in [2.75, 3.05) is 23.5 Å². The average molecular weight is 398 g/mol. The van der Waals surface area contributed by atoms with Gasteiger partial charge in [-0.25, -0.2) is 14.7 Å². The number of para-hydroxylation sites is 1. The lowest BCUT2D eigenvalue weighted by molar-refractivity contribution is -0.247. The zero-order chi connectivity index (χ0) is 20.2. The maximum absolute atomic E-state index is 11.2. The van der Waals surface area contributed by atoms with Crippen LogP contribution in [0.15, 0.2) is 42.5 Å². The number of phenolic OH excluding ortho intramolecular Hbond substituents is 1. The van der Waals surface area contributed by atoms with Crippen LogP contribution in [0.4, 0.5) is 16.2 Å². The summed E-state index contributed by atoms with van der Waals surface area (Å²) in [6, 6.07) is 13.1. The molecule has 4 atom stereocenters. The second kappa shape index (κ2) is 6.51. The van der Waals surface area contributed by atoms with E-state index in [-0.39, 0.29) is 24.4 Å². The van der Waals surface area contributed by atoms with Gasteiger partial charge in [0.1, 0.15) is 12.4 Å². The highest BCUT2D eigenvalue weighted by Crippen LogP contribution is 2.53. The van der Waals surface area contributed by atoms with E-state index in [1.165, 1.54) is 0 Å². The first-order chi connectivity index (χ1) is 14.0. The summed E-state index contributed by atoms with van der Waals surface area (Å²) in [6.07, 6.45) is -0.947. The van der Waals surface area contributed by atoms with E-state index in [1.807, 2.05) is 36.4 Å². The number of carbonyl (C=O) groups is 1. The van der Waals surface area contributed by atoms with E-state index in [2.05, 4.69) is 10.6 Å². The van der Waals surface area contributed by atoms with Crippen LogP contribution in [-0.2, 0) is 16.1 Å². The number of amides is 1. The number of anilines is 2. The molecule has 0 aromatic heterocycles. The van der Waals surface area contributed by atoms with Crippen molar-refractivity contribution in [3.8, 4) is 5.75 Å². The molecule has 2 bridgehead atoms. The largest absolute Gasteiger partial charge is 0.508 e. The molecule has 0 saturated carbocycles. The lowest BCUT2D eigenvalue weighted by atomic mass is 9.82. The molecule has 2 saturated heterocycles. The third-order valence-electron chi connectivity index (χ3n) is 5.73. The normalized spacial score (nSPS) is 28.9. The molecule has 3 aliphatic heterocycles. The molecular formula is C20H22N4O5. The number of phenols is 1. The molecule has 3 aliphatic rings. The first-order valence-corrected chi connectivity index (χ1v) is 9.48. The van der Waals surface area contributed by atoms with Crippen LogP contribution < -0.4 is 21.4 Å². The van der Waals surface area contributed by atoms with E-state index in [0.29, 0.717) is 24.3 Å². The van der Waals surface area contributed by atoms with Gasteiger partial charge in [0.05, 0.1) is 24.2 Å². The van der Waals surface area contributed by atoms with Crippen molar-refractivity contribution in [3.63, 3.8) is 0 Å². The number of aromatic hydroxyl groups is 1. The maximum Gasteiger partial charge on any atom is 0.404 e. The van der Waals surface area contributed by atoms with Crippen LogP contribution in [0.3, 0.4) is 0 Å². The van der Waals surface area contributed by atoms with E-state index >= 15 is 0 Å². The van der Waals surface area contributed by atoms with Gasteiger partial charge in [-0.2, -0.15) is 0 Å². The van der Waals surface area contributed by atoms with Gasteiger partial charge in [-0.1, -0.05) is 18.2 Å². The topological polar surface area (TPSA) is 139 Å². The lowest BCUT2D eigenvalue weighted by Gasteiger charge is -2.47. The molecule has 5 rings (SSSR count). The first-order valence-electron chi connectivity index (χ1n) is 9.48. The maximum atomic E-state index is 11.2. The molecule has 4 unspecified atom stereocenters. The van der Waals surface area contributed by atoms with Crippen LogP contribution in [0.5, 0.6) is 5.75 Å². The van der Waals surface area contributed by atoms with E-state index in [1.54, 1.807) is 11.1 Å². The average Bonchev–Trinajstić information content (AvgIpc) is 3.48. The molecule has 29 heavy (non-hydrogen) atoms. The second-order valence-corrected chi connectivity index (χ2v) is 7.60. The van der Waals surface area contributed by atoms with E-state index < -0.39 is 17.8 Å². The highest BCUT2D eigenvalue weighted by molar-refractivity contribution is 5.67. The molecule has 9 nitrogen and oxygen atoms in total. The minimum absolute atomic E-state index is 0.0104. The van der Waals surface area contributed by atoms with Crippen molar-refractivity contribution in [3.05, 3.63) is 53.6 Å². The Kier molecular flexibility index (Phi) is 4.05. The smallest absolute Gasteiger partial charge is 0.404 e. The van der Waals surface area contributed by atoms with Crippen molar-refractivity contribution in [2.24, 2.45) is 5.73 Å². The molecule has 1 amide bonds. The highest BCUT2D eigenvalue weighted by atomic mass is 16.8. The number of primary amides is 1. The van der Waals surface area contributed by atoms with Crippen molar-refractivity contribution >= 4 is 17.5 Å². The fourth-order valence-electron chi connectivity index (χ4n) is 4.30. The number of rotatable bonds is 5. The SMILES string of the molecule is NC(=O)OCC1c2c(O)cc(CNc3ccccc3)cc2N2CC3NC3C1(O)O2. The Morgan fingerprint density at radius 2 is 2.17 bits per heavy atom. The summed E-state index contributed by atoms with van der Waals surface area (Å²) in [7, 11) is 0. The van der Waals surface area contributed by atoms with Crippen LogP contribution in [0.1, 0.15) is 17.0 Å². The number of ether oxygens (including phenoxy) is 1. The zero-order valence-corrected chi connectivity index (χ0v) is 15.5. The molecule has 2 fully saturated rings. The number of carbonyl (C=O) groups excluding carboxylic acids is 1. The van der Waals surface area contributed by atoms with E-state index in [0.717, 1.165) is 11.3 Å². The molecule has 3 heterocycles. The molecule has 152 valence electrons. The number of benzene rings is 2. The molecular weight excluding hydrogens is 376 g/mol. The quantitative estimate of drug-likeness (QED) is 0.470. The van der Waals surface area contributed by atoms with Crippen LogP contribution in [0, 0.1) is 0 Å². The van der Waals surface area contributed by atoms with Gasteiger partial charge in [0.2, 0.25) is 5.79 Å².